The van der Waals surface area contributed by atoms with Gasteiger partial charge in [0.1, 0.15) is 0 Å². The summed E-state index contributed by atoms with van der Waals surface area (Å²) in [5, 5.41) is 0. The van der Waals surface area contributed by atoms with Gasteiger partial charge in [0, 0.05) is 13.1 Å². The molecule has 0 aromatic heterocycles. The fourth-order valence-electron chi connectivity index (χ4n) is 2.77. The Morgan fingerprint density at radius 3 is 2.68 bits per heavy atom. The summed E-state index contributed by atoms with van der Waals surface area (Å²) in [7, 11) is 1.49. The van der Waals surface area contributed by atoms with E-state index in [0.29, 0.717) is 11.7 Å². The van der Waals surface area contributed by atoms with E-state index in [4.69, 9.17) is 10.5 Å². The average Bonchev–Trinajstić information content (AvgIpc) is 2.42. The second-order valence-electron chi connectivity index (χ2n) is 5.25. The van der Waals surface area contributed by atoms with Crippen molar-refractivity contribution in [1.82, 2.24) is 4.90 Å². The fourth-order valence-corrected chi connectivity index (χ4v) is 2.77. The second kappa shape index (κ2) is 6.87. The van der Waals surface area contributed by atoms with E-state index in [-0.39, 0.29) is 5.82 Å². The van der Waals surface area contributed by atoms with Crippen LogP contribution >= 0.6 is 0 Å². The highest BCUT2D eigenvalue weighted by Gasteiger charge is 2.19. The van der Waals surface area contributed by atoms with Gasteiger partial charge in [-0.05, 0) is 56.0 Å². The minimum atomic E-state index is -0.263. The molecule has 2 N–H and O–H groups in total. The maximum Gasteiger partial charge on any atom is 0.165 e. The van der Waals surface area contributed by atoms with E-state index >= 15 is 0 Å². The number of nitrogens with two attached hydrogens (primary N) is 1. The molecule has 1 aromatic rings. The van der Waals surface area contributed by atoms with Crippen molar-refractivity contribution >= 4 is 0 Å². The summed E-state index contributed by atoms with van der Waals surface area (Å²) in [6.07, 6.45) is 3.30. The van der Waals surface area contributed by atoms with E-state index in [1.807, 2.05) is 6.07 Å². The van der Waals surface area contributed by atoms with E-state index in [0.717, 1.165) is 38.2 Å². The highest BCUT2D eigenvalue weighted by Crippen LogP contribution is 2.24. The Morgan fingerprint density at radius 2 is 2.11 bits per heavy atom. The number of rotatable bonds is 5. The molecule has 0 spiro atoms. The summed E-state index contributed by atoms with van der Waals surface area (Å²) in [4.78, 5) is 2.41. The van der Waals surface area contributed by atoms with Crippen molar-refractivity contribution in [1.29, 1.82) is 0 Å². The largest absolute Gasteiger partial charge is 0.494 e. The molecule has 0 aliphatic carbocycles. The van der Waals surface area contributed by atoms with Gasteiger partial charge in [0.25, 0.3) is 0 Å². The Balaban J connectivity index is 1.87. The lowest BCUT2D eigenvalue weighted by Gasteiger charge is -2.31. The van der Waals surface area contributed by atoms with Crippen molar-refractivity contribution in [3.63, 3.8) is 0 Å². The predicted molar refractivity (Wildman–Crippen MR) is 74.9 cm³/mol. The highest BCUT2D eigenvalue weighted by atomic mass is 19.1. The molecule has 1 heterocycles. The lowest BCUT2D eigenvalue weighted by molar-refractivity contribution is 0.188. The van der Waals surface area contributed by atoms with Gasteiger partial charge in [-0.2, -0.15) is 0 Å². The molecule has 0 amide bonds. The monoisotopic (exact) mass is 266 g/mol. The van der Waals surface area contributed by atoms with Gasteiger partial charge in [0.15, 0.2) is 11.6 Å². The molecule has 0 unspecified atom stereocenters. The molecular weight excluding hydrogens is 243 g/mol. The maximum atomic E-state index is 13.6. The third-order valence-electron chi connectivity index (χ3n) is 3.89. The van der Waals surface area contributed by atoms with Crippen molar-refractivity contribution in [2.45, 2.75) is 19.3 Å². The number of halogens is 1. The van der Waals surface area contributed by atoms with Crippen LogP contribution in [-0.4, -0.2) is 38.2 Å². The second-order valence-corrected chi connectivity index (χ2v) is 5.25. The van der Waals surface area contributed by atoms with Crippen LogP contribution in [0.25, 0.3) is 0 Å². The van der Waals surface area contributed by atoms with Crippen molar-refractivity contribution < 1.29 is 9.13 Å². The molecule has 1 aliphatic rings. The summed E-state index contributed by atoms with van der Waals surface area (Å²) in [5.74, 6) is 0.712. The van der Waals surface area contributed by atoms with Crippen LogP contribution < -0.4 is 10.5 Å². The molecule has 0 saturated carbocycles. The van der Waals surface area contributed by atoms with Gasteiger partial charge in [0.05, 0.1) is 7.11 Å². The lowest BCUT2D eigenvalue weighted by Crippen LogP contribution is -2.37. The van der Waals surface area contributed by atoms with Crippen molar-refractivity contribution in [2.75, 3.05) is 33.3 Å². The molecule has 1 fully saturated rings. The van der Waals surface area contributed by atoms with E-state index in [1.165, 1.54) is 20.0 Å². The molecule has 0 atom stereocenters. The van der Waals surface area contributed by atoms with Crippen LogP contribution in [0.3, 0.4) is 0 Å². The van der Waals surface area contributed by atoms with E-state index in [1.54, 1.807) is 12.1 Å². The number of methoxy groups -OCH3 is 1. The Labute approximate surface area is 114 Å². The highest BCUT2D eigenvalue weighted by molar-refractivity contribution is 5.29. The molecule has 0 bridgehead atoms. The topological polar surface area (TPSA) is 38.5 Å². The zero-order valence-electron chi connectivity index (χ0n) is 11.6. The molecule has 3 nitrogen and oxygen atoms in total. The maximum absolute atomic E-state index is 13.6. The predicted octanol–water partition coefficient (Wildman–Crippen LogP) is 2.05. The Bertz CT molecular complexity index is 403. The van der Waals surface area contributed by atoms with Crippen LogP contribution in [0.4, 0.5) is 4.39 Å². The normalized spacial score (nSPS) is 17.6. The van der Waals surface area contributed by atoms with E-state index in [9.17, 15) is 4.39 Å². The number of hydrogen-bond acceptors (Lipinski definition) is 3. The Kier molecular flexibility index (Phi) is 5.16. The summed E-state index contributed by atoms with van der Waals surface area (Å²) >= 11 is 0. The number of likely N-dealkylation sites (tertiary alicyclic amines) is 1. The first-order chi connectivity index (χ1) is 9.22. The molecule has 106 valence electrons. The summed E-state index contributed by atoms with van der Waals surface area (Å²) in [6.45, 7) is 3.94. The van der Waals surface area contributed by atoms with Crippen LogP contribution in [0.15, 0.2) is 18.2 Å². The molecule has 1 aliphatic heterocycles. The number of hydrogen-bond donors (Lipinski definition) is 1. The van der Waals surface area contributed by atoms with Crippen molar-refractivity contribution in [2.24, 2.45) is 11.7 Å². The number of piperidine rings is 1. The minimum Gasteiger partial charge on any atom is -0.494 e. The number of nitrogens with zero attached hydrogens (tertiary/aromatic N) is 1. The zero-order valence-corrected chi connectivity index (χ0v) is 11.6. The number of benzene rings is 1. The van der Waals surface area contributed by atoms with Gasteiger partial charge >= 0.3 is 0 Å². The van der Waals surface area contributed by atoms with Crippen LogP contribution in [0.1, 0.15) is 18.4 Å². The first-order valence-electron chi connectivity index (χ1n) is 6.97. The lowest BCUT2D eigenvalue weighted by atomic mass is 9.90. The summed E-state index contributed by atoms with van der Waals surface area (Å²) in [6, 6.07) is 5.29. The van der Waals surface area contributed by atoms with Crippen LogP contribution in [0.5, 0.6) is 5.75 Å². The summed E-state index contributed by atoms with van der Waals surface area (Å²) < 4.78 is 18.6. The molecule has 1 saturated heterocycles. The first kappa shape index (κ1) is 14.3. The van der Waals surface area contributed by atoms with Crippen LogP contribution in [-0.2, 0) is 6.42 Å². The Hall–Kier alpha value is -1.13. The van der Waals surface area contributed by atoms with Crippen molar-refractivity contribution in [3.8, 4) is 5.75 Å². The SMILES string of the molecule is COc1ccc(CC2CCN(CCN)CC2)cc1F. The molecule has 2 rings (SSSR count). The Morgan fingerprint density at radius 1 is 1.37 bits per heavy atom. The summed E-state index contributed by atoms with van der Waals surface area (Å²) in [5.41, 5.74) is 6.63. The quantitative estimate of drug-likeness (QED) is 0.886. The fraction of sp³-hybridized carbons (Fsp3) is 0.600. The smallest absolute Gasteiger partial charge is 0.165 e. The van der Waals surface area contributed by atoms with Gasteiger partial charge < -0.3 is 15.4 Å². The van der Waals surface area contributed by atoms with Gasteiger partial charge in [-0.3, -0.25) is 0 Å². The zero-order chi connectivity index (χ0) is 13.7. The number of ether oxygens (including phenoxy) is 1. The van der Waals surface area contributed by atoms with Gasteiger partial charge in [0.2, 0.25) is 0 Å². The molecule has 4 heteroatoms. The van der Waals surface area contributed by atoms with Crippen LogP contribution in [0.2, 0.25) is 0 Å². The average molecular weight is 266 g/mol. The van der Waals surface area contributed by atoms with Gasteiger partial charge in [-0.25, -0.2) is 4.39 Å². The molecule has 19 heavy (non-hydrogen) atoms. The molecule has 1 aromatic carbocycles. The van der Waals surface area contributed by atoms with Crippen molar-refractivity contribution in [3.05, 3.63) is 29.6 Å². The minimum absolute atomic E-state index is 0.263. The third-order valence-corrected chi connectivity index (χ3v) is 3.89. The molecule has 0 radical (unpaired) electrons. The van der Waals surface area contributed by atoms with Crippen LogP contribution in [0, 0.1) is 11.7 Å². The third kappa shape index (κ3) is 3.91. The molecular formula is C15H23FN2O. The van der Waals surface area contributed by atoms with Gasteiger partial charge in [-0.1, -0.05) is 6.07 Å². The standard InChI is InChI=1S/C15H23FN2O/c1-19-15-3-2-13(11-14(15)16)10-12-4-7-18(8-5-12)9-6-17/h2-3,11-12H,4-10,17H2,1H3. The first-order valence-corrected chi connectivity index (χ1v) is 6.97. The van der Waals surface area contributed by atoms with E-state index < -0.39 is 0 Å². The van der Waals surface area contributed by atoms with Gasteiger partial charge in [-0.15, -0.1) is 0 Å². The van der Waals surface area contributed by atoms with E-state index in [2.05, 4.69) is 4.90 Å².